The summed E-state index contributed by atoms with van der Waals surface area (Å²) >= 11 is 0. The van der Waals surface area contributed by atoms with Crippen LogP contribution in [0.3, 0.4) is 0 Å². The molecule has 7 heteroatoms. The number of nitrogens with zero attached hydrogens (tertiary/aromatic N) is 3. The minimum absolute atomic E-state index is 0.366. The van der Waals surface area contributed by atoms with Gasteiger partial charge in [0.25, 0.3) is 5.56 Å². The van der Waals surface area contributed by atoms with Gasteiger partial charge in [-0.1, -0.05) is 0 Å². The second-order valence-corrected chi connectivity index (χ2v) is 5.48. The van der Waals surface area contributed by atoms with Crippen molar-refractivity contribution in [2.24, 2.45) is 20.0 Å². The van der Waals surface area contributed by atoms with E-state index in [-0.39, 0.29) is 5.56 Å². The van der Waals surface area contributed by atoms with Crippen LogP contribution in [0.5, 0.6) is 0 Å². The molecule has 1 saturated heterocycles. The van der Waals surface area contributed by atoms with Crippen molar-refractivity contribution in [3.8, 4) is 0 Å². The number of fused-ring (bicyclic) bond motifs is 1. The Labute approximate surface area is 115 Å². The molecule has 2 aromatic rings. The van der Waals surface area contributed by atoms with Crippen LogP contribution in [-0.4, -0.2) is 32.2 Å². The highest BCUT2D eigenvalue weighted by atomic mass is 16.2. The van der Waals surface area contributed by atoms with Gasteiger partial charge >= 0.3 is 5.69 Å². The van der Waals surface area contributed by atoms with Crippen molar-refractivity contribution in [3.05, 3.63) is 26.7 Å². The number of H-pyrrole nitrogens is 1. The highest BCUT2D eigenvalue weighted by Gasteiger charge is 2.19. The zero-order valence-corrected chi connectivity index (χ0v) is 11.8. The zero-order chi connectivity index (χ0) is 14.3. The zero-order valence-electron chi connectivity index (χ0n) is 11.8. The summed E-state index contributed by atoms with van der Waals surface area (Å²) in [7, 11) is 3.47. The Bertz CT molecular complexity index is 748. The molecule has 1 aliphatic heterocycles. The van der Waals surface area contributed by atoms with Gasteiger partial charge in [-0.15, -0.1) is 0 Å². The molecule has 7 nitrogen and oxygen atoms in total. The lowest BCUT2D eigenvalue weighted by molar-refractivity contribution is 0.365. The third-order valence-corrected chi connectivity index (χ3v) is 4.16. The van der Waals surface area contributed by atoms with E-state index in [1.54, 1.807) is 7.05 Å². The molecule has 0 radical (unpaired) electrons. The number of aromatic nitrogens is 4. The van der Waals surface area contributed by atoms with Crippen LogP contribution in [0.4, 0.5) is 0 Å². The predicted octanol–water partition coefficient (Wildman–Crippen LogP) is -0.498. The number of imidazole rings is 1. The maximum atomic E-state index is 11.9. The maximum Gasteiger partial charge on any atom is 0.329 e. The van der Waals surface area contributed by atoms with Gasteiger partial charge in [-0.2, -0.15) is 0 Å². The van der Waals surface area contributed by atoms with Gasteiger partial charge in [0.2, 0.25) is 0 Å². The fourth-order valence-corrected chi connectivity index (χ4v) is 2.88. The van der Waals surface area contributed by atoms with Crippen molar-refractivity contribution in [1.82, 2.24) is 24.4 Å². The summed E-state index contributed by atoms with van der Waals surface area (Å²) in [6, 6.07) is 0. The third kappa shape index (κ3) is 2.07. The number of aromatic amines is 1. The Kier molecular flexibility index (Phi) is 3.21. The lowest BCUT2D eigenvalue weighted by Gasteiger charge is -2.22. The molecule has 0 spiro atoms. The molecular formula is C13H19N5O2. The van der Waals surface area contributed by atoms with E-state index in [4.69, 9.17) is 0 Å². The molecule has 108 valence electrons. The van der Waals surface area contributed by atoms with Gasteiger partial charge in [0.1, 0.15) is 5.82 Å². The molecule has 0 amide bonds. The minimum atomic E-state index is -0.422. The number of rotatable bonds is 2. The second kappa shape index (κ2) is 4.90. The van der Waals surface area contributed by atoms with E-state index >= 15 is 0 Å². The standard InChI is InChI=1S/C13H19N5O2/c1-17-9(7-8-3-5-14-6-4-8)15-11-10(17)12(19)16-13(20)18(11)2/h8,14H,3-7H2,1-2H3,(H,16,19,20). The molecule has 0 aromatic carbocycles. The molecule has 3 rings (SSSR count). The van der Waals surface area contributed by atoms with Crippen molar-refractivity contribution >= 4 is 11.2 Å². The van der Waals surface area contributed by atoms with E-state index in [1.807, 2.05) is 11.6 Å². The maximum absolute atomic E-state index is 11.9. The van der Waals surface area contributed by atoms with Gasteiger partial charge in [0.05, 0.1) is 0 Å². The van der Waals surface area contributed by atoms with E-state index in [0.717, 1.165) is 38.2 Å². The molecule has 0 unspecified atom stereocenters. The SMILES string of the molecule is Cn1c(CC2CCNCC2)nc2c1c(=O)[nH]c(=O)n2C. The topological polar surface area (TPSA) is 84.7 Å². The average molecular weight is 277 g/mol. The molecule has 0 aliphatic carbocycles. The largest absolute Gasteiger partial charge is 0.329 e. The molecule has 0 saturated carbocycles. The Morgan fingerprint density at radius 2 is 1.90 bits per heavy atom. The molecular weight excluding hydrogens is 258 g/mol. The summed E-state index contributed by atoms with van der Waals surface area (Å²) in [5.41, 5.74) is 0.143. The fourth-order valence-electron chi connectivity index (χ4n) is 2.88. The molecule has 2 N–H and O–H groups in total. The van der Waals surface area contributed by atoms with Crippen molar-refractivity contribution in [2.75, 3.05) is 13.1 Å². The van der Waals surface area contributed by atoms with Gasteiger partial charge in [0, 0.05) is 20.5 Å². The lowest BCUT2D eigenvalue weighted by atomic mass is 9.94. The highest BCUT2D eigenvalue weighted by Crippen LogP contribution is 2.19. The normalized spacial score (nSPS) is 16.9. The van der Waals surface area contributed by atoms with Crippen LogP contribution in [-0.2, 0) is 20.5 Å². The number of nitrogens with one attached hydrogen (secondary N) is 2. The lowest BCUT2D eigenvalue weighted by Crippen LogP contribution is -2.29. The Morgan fingerprint density at radius 3 is 2.60 bits per heavy atom. The first-order valence-electron chi connectivity index (χ1n) is 6.93. The van der Waals surface area contributed by atoms with E-state index in [0.29, 0.717) is 17.1 Å². The Balaban J connectivity index is 2.06. The van der Waals surface area contributed by atoms with Gasteiger partial charge in [-0.25, -0.2) is 9.78 Å². The van der Waals surface area contributed by atoms with Crippen molar-refractivity contribution < 1.29 is 0 Å². The Hall–Kier alpha value is -1.89. The number of hydrogen-bond acceptors (Lipinski definition) is 4. The first kappa shape index (κ1) is 13.1. The summed E-state index contributed by atoms with van der Waals surface area (Å²) < 4.78 is 3.21. The summed E-state index contributed by atoms with van der Waals surface area (Å²) in [5, 5.41) is 3.34. The molecule has 1 fully saturated rings. The Morgan fingerprint density at radius 1 is 1.20 bits per heavy atom. The van der Waals surface area contributed by atoms with E-state index in [9.17, 15) is 9.59 Å². The molecule has 2 aromatic heterocycles. The number of aryl methyl sites for hydroxylation is 2. The smallest absolute Gasteiger partial charge is 0.325 e. The van der Waals surface area contributed by atoms with Crippen LogP contribution >= 0.6 is 0 Å². The monoisotopic (exact) mass is 277 g/mol. The number of hydrogen-bond donors (Lipinski definition) is 2. The first-order valence-corrected chi connectivity index (χ1v) is 6.93. The van der Waals surface area contributed by atoms with E-state index < -0.39 is 5.69 Å². The van der Waals surface area contributed by atoms with Crippen molar-refractivity contribution in [3.63, 3.8) is 0 Å². The van der Waals surface area contributed by atoms with Gasteiger partial charge in [0.15, 0.2) is 11.2 Å². The van der Waals surface area contributed by atoms with Crippen molar-refractivity contribution in [1.29, 1.82) is 0 Å². The summed E-state index contributed by atoms with van der Waals surface area (Å²) in [6.45, 7) is 2.07. The van der Waals surface area contributed by atoms with Crippen LogP contribution in [0, 0.1) is 5.92 Å². The quantitative estimate of drug-likeness (QED) is 0.775. The average Bonchev–Trinajstić information content (AvgIpc) is 2.75. The molecule has 20 heavy (non-hydrogen) atoms. The molecule has 1 aliphatic rings. The fraction of sp³-hybridized carbons (Fsp3) is 0.615. The summed E-state index contributed by atoms with van der Waals surface area (Å²) in [4.78, 5) is 30.4. The third-order valence-electron chi connectivity index (χ3n) is 4.16. The highest BCUT2D eigenvalue weighted by molar-refractivity contribution is 5.70. The van der Waals surface area contributed by atoms with Crippen LogP contribution < -0.4 is 16.6 Å². The van der Waals surface area contributed by atoms with Crippen LogP contribution in [0.1, 0.15) is 18.7 Å². The molecule has 0 bridgehead atoms. The van der Waals surface area contributed by atoms with Crippen LogP contribution in [0.15, 0.2) is 9.59 Å². The molecule has 3 heterocycles. The summed E-state index contributed by atoms with van der Waals surface area (Å²) in [6.07, 6.45) is 3.09. The van der Waals surface area contributed by atoms with Crippen LogP contribution in [0.2, 0.25) is 0 Å². The first-order chi connectivity index (χ1) is 9.58. The van der Waals surface area contributed by atoms with Gasteiger partial charge in [-0.05, 0) is 31.8 Å². The van der Waals surface area contributed by atoms with Gasteiger partial charge < -0.3 is 9.88 Å². The summed E-state index contributed by atoms with van der Waals surface area (Å²) in [5.74, 6) is 1.46. The van der Waals surface area contributed by atoms with E-state index in [2.05, 4.69) is 15.3 Å². The number of piperidine rings is 1. The second-order valence-electron chi connectivity index (χ2n) is 5.48. The minimum Gasteiger partial charge on any atom is -0.325 e. The van der Waals surface area contributed by atoms with Crippen LogP contribution in [0.25, 0.3) is 11.2 Å². The van der Waals surface area contributed by atoms with E-state index in [1.165, 1.54) is 4.57 Å². The van der Waals surface area contributed by atoms with Crippen molar-refractivity contribution in [2.45, 2.75) is 19.3 Å². The van der Waals surface area contributed by atoms with Gasteiger partial charge in [-0.3, -0.25) is 14.3 Å². The predicted molar refractivity (Wildman–Crippen MR) is 75.9 cm³/mol. The molecule has 0 atom stereocenters.